The van der Waals surface area contributed by atoms with Crippen LogP contribution in [-0.4, -0.2) is 18.0 Å². The normalized spacial score (nSPS) is 10.6. The molecule has 3 aromatic rings. The van der Waals surface area contributed by atoms with Crippen LogP contribution in [0.3, 0.4) is 0 Å². The second-order valence-corrected chi connectivity index (χ2v) is 7.43. The smallest absolute Gasteiger partial charge is 0.271 e. The monoisotopic (exact) mass is 445 g/mol. The lowest BCUT2D eigenvalue weighted by Gasteiger charge is -2.11. The van der Waals surface area contributed by atoms with Gasteiger partial charge in [-0.3, -0.25) is 10.1 Å². The van der Waals surface area contributed by atoms with Gasteiger partial charge < -0.3 is 15.4 Å². The van der Waals surface area contributed by atoms with Crippen molar-refractivity contribution in [3.8, 4) is 5.75 Å². The van der Waals surface area contributed by atoms with Gasteiger partial charge in [-0.1, -0.05) is 47.5 Å². The number of halogens is 2. The Hall–Kier alpha value is -2.80. The van der Waals surface area contributed by atoms with Crippen molar-refractivity contribution in [3.05, 3.63) is 98.0 Å². The maximum absolute atomic E-state index is 10.8. The highest BCUT2D eigenvalue weighted by atomic mass is 35.5. The fourth-order valence-electron chi connectivity index (χ4n) is 2.77. The average Bonchev–Trinajstić information content (AvgIpc) is 2.74. The van der Waals surface area contributed by atoms with Crippen molar-refractivity contribution in [3.63, 3.8) is 0 Å². The Labute approximate surface area is 184 Å². The van der Waals surface area contributed by atoms with Gasteiger partial charge in [0.1, 0.15) is 12.4 Å². The minimum absolute atomic E-state index is 0.0261. The quantitative estimate of drug-likeness (QED) is 0.238. The number of nitrogens with one attached hydrogen (secondary N) is 2. The van der Waals surface area contributed by atoms with Gasteiger partial charge in [-0.05, 0) is 41.5 Å². The first-order chi connectivity index (χ1) is 14.5. The first kappa shape index (κ1) is 21.9. The Bertz CT molecular complexity index is 997. The molecule has 3 rings (SSSR count). The van der Waals surface area contributed by atoms with Gasteiger partial charge >= 0.3 is 0 Å². The first-order valence-corrected chi connectivity index (χ1v) is 10.1. The number of nitrogens with zero attached hydrogens (tertiary/aromatic N) is 1. The summed E-state index contributed by atoms with van der Waals surface area (Å²) in [5, 5.41) is 18.3. The summed E-state index contributed by atoms with van der Waals surface area (Å²) in [6.45, 7) is 2.50. The molecule has 0 saturated heterocycles. The maximum Gasteiger partial charge on any atom is 0.271 e. The van der Waals surface area contributed by atoms with Crippen molar-refractivity contribution < 1.29 is 9.66 Å². The third-order valence-electron chi connectivity index (χ3n) is 4.33. The van der Waals surface area contributed by atoms with Gasteiger partial charge in [-0.25, -0.2) is 0 Å². The van der Waals surface area contributed by atoms with Gasteiger partial charge in [0, 0.05) is 36.8 Å². The number of benzene rings is 3. The molecule has 0 saturated carbocycles. The van der Waals surface area contributed by atoms with E-state index in [1.54, 1.807) is 6.07 Å². The second kappa shape index (κ2) is 10.8. The van der Waals surface area contributed by atoms with E-state index in [2.05, 4.69) is 10.6 Å². The lowest BCUT2D eigenvalue weighted by Crippen LogP contribution is -2.21. The highest BCUT2D eigenvalue weighted by Gasteiger charge is 2.08. The highest BCUT2D eigenvalue weighted by molar-refractivity contribution is 6.33. The van der Waals surface area contributed by atoms with Crippen molar-refractivity contribution in [2.45, 2.75) is 13.2 Å². The highest BCUT2D eigenvalue weighted by Crippen LogP contribution is 2.26. The standard InChI is InChI=1S/C22H21Cl2N3O3/c23-18-6-4-16(5-7-18)15-30-20-3-1-2-17(12-20)14-25-10-11-26-22-9-8-19(27(28)29)13-21(22)24/h1-9,12-13,25-26H,10-11,14-15H2. The molecular weight excluding hydrogens is 425 g/mol. The van der Waals surface area contributed by atoms with Crippen LogP contribution in [0.25, 0.3) is 0 Å². The Balaban J connectivity index is 1.41. The Morgan fingerprint density at radius 3 is 2.47 bits per heavy atom. The Morgan fingerprint density at radius 1 is 0.933 bits per heavy atom. The van der Waals surface area contributed by atoms with E-state index < -0.39 is 4.92 Å². The molecule has 0 heterocycles. The van der Waals surface area contributed by atoms with Crippen LogP contribution in [0.2, 0.25) is 10.0 Å². The lowest BCUT2D eigenvalue weighted by molar-refractivity contribution is -0.384. The van der Waals surface area contributed by atoms with Gasteiger partial charge in [0.2, 0.25) is 0 Å². The van der Waals surface area contributed by atoms with Crippen LogP contribution in [0.15, 0.2) is 66.7 Å². The number of anilines is 1. The molecule has 0 amide bonds. The summed E-state index contributed by atoms with van der Waals surface area (Å²) in [5.41, 5.74) is 2.80. The molecule has 0 atom stereocenters. The van der Waals surface area contributed by atoms with Crippen LogP contribution in [0.1, 0.15) is 11.1 Å². The first-order valence-electron chi connectivity index (χ1n) is 9.36. The van der Waals surface area contributed by atoms with E-state index in [0.717, 1.165) is 16.9 Å². The molecule has 0 radical (unpaired) electrons. The zero-order valence-electron chi connectivity index (χ0n) is 16.1. The summed E-state index contributed by atoms with van der Waals surface area (Å²) < 4.78 is 5.85. The largest absolute Gasteiger partial charge is 0.489 e. The number of non-ortho nitro benzene ring substituents is 1. The zero-order chi connectivity index (χ0) is 21.3. The number of hydrogen-bond donors (Lipinski definition) is 2. The minimum Gasteiger partial charge on any atom is -0.489 e. The van der Waals surface area contributed by atoms with E-state index in [0.29, 0.717) is 42.0 Å². The fourth-order valence-corrected chi connectivity index (χ4v) is 3.14. The second-order valence-electron chi connectivity index (χ2n) is 6.59. The zero-order valence-corrected chi connectivity index (χ0v) is 17.6. The van der Waals surface area contributed by atoms with Crippen molar-refractivity contribution in [2.24, 2.45) is 0 Å². The third-order valence-corrected chi connectivity index (χ3v) is 4.89. The number of ether oxygens (including phenoxy) is 1. The number of nitro groups is 1. The number of rotatable bonds is 10. The Kier molecular flexibility index (Phi) is 7.90. The van der Waals surface area contributed by atoms with Crippen LogP contribution < -0.4 is 15.4 Å². The molecule has 156 valence electrons. The predicted octanol–water partition coefficient (Wildman–Crippen LogP) is 5.68. The summed E-state index contributed by atoms with van der Waals surface area (Å²) in [6, 6.07) is 19.9. The molecule has 30 heavy (non-hydrogen) atoms. The third kappa shape index (κ3) is 6.62. The maximum atomic E-state index is 10.8. The van der Waals surface area contributed by atoms with Gasteiger partial charge in [0.05, 0.1) is 15.6 Å². The van der Waals surface area contributed by atoms with Gasteiger partial charge in [-0.2, -0.15) is 0 Å². The van der Waals surface area contributed by atoms with E-state index in [1.807, 2.05) is 48.5 Å². The molecule has 0 aliphatic carbocycles. The molecule has 2 N–H and O–H groups in total. The van der Waals surface area contributed by atoms with Crippen molar-refractivity contribution >= 4 is 34.6 Å². The van der Waals surface area contributed by atoms with Gasteiger partial charge in [0.25, 0.3) is 5.69 Å². The van der Waals surface area contributed by atoms with Crippen molar-refractivity contribution in [2.75, 3.05) is 18.4 Å². The van der Waals surface area contributed by atoms with Crippen molar-refractivity contribution in [1.82, 2.24) is 5.32 Å². The predicted molar refractivity (Wildman–Crippen MR) is 121 cm³/mol. The van der Waals surface area contributed by atoms with E-state index in [1.165, 1.54) is 12.1 Å². The van der Waals surface area contributed by atoms with Crippen LogP contribution >= 0.6 is 23.2 Å². The molecule has 8 heteroatoms. The molecule has 0 bridgehead atoms. The molecule has 0 aromatic heterocycles. The molecule has 3 aromatic carbocycles. The Morgan fingerprint density at radius 2 is 1.73 bits per heavy atom. The summed E-state index contributed by atoms with van der Waals surface area (Å²) >= 11 is 12.0. The van der Waals surface area contributed by atoms with Gasteiger partial charge in [0.15, 0.2) is 0 Å². The van der Waals surface area contributed by atoms with E-state index in [-0.39, 0.29) is 5.69 Å². The molecule has 6 nitrogen and oxygen atoms in total. The average molecular weight is 446 g/mol. The van der Waals surface area contributed by atoms with Crippen LogP contribution in [0.4, 0.5) is 11.4 Å². The molecular formula is C22H21Cl2N3O3. The molecule has 0 spiro atoms. The summed E-state index contributed by atoms with van der Waals surface area (Å²) in [7, 11) is 0. The van der Waals surface area contributed by atoms with Gasteiger partial charge in [-0.15, -0.1) is 0 Å². The SMILES string of the molecule is O=[N+]([O-])c1ccc(NCCNCc2cccc(OCc3ccc(Cl)cc3)c2)c(Cl)c1. The van der Waals surface area contributed by atoms with Crippen LogP contribution in [0, 0.1) is 10.1 Å². The minimum atomic E-state index is -0.468. The van der Waals surface area contributed by atoms with E-state index in [9.17, 15) is 10.1 Å². The van der Waals surface area contributed by atoms with Crippen LogP contribution in [0.5, 0.6) is 5.75 Å². The lowest BCUT2D eigenvalue weighted by atomic mass is 10.2. The number of hydrogen-bond acceptors (Lipinski definition) is 5. The van der Waals surface area contributed by atoms with E-state index >= 15 is 0 Å². The van der Waals surface area contributed by atoms with Crippen molar-refractivity contribution in [1.29, 1.82) is 0 Å². The van der Waals surface area contributed by atoms with E-state index in [4.69, 9.17) is 27.9 Å². The number of nitro benzene ring substituents is 1. The summed E-state index contributed by atoms with van der Waals surface area (Å²) in [4.78, 5) is 10.3. The molecule has 0 aliphatic rings. The molecule has 0 fully saturated rings. The fraction of sp³-hybridized carbons (Fsp3) is 0.182. The topological polar surface area (TPSA) is 76.4 Å². The summed E-state index contributed by atoms with van der Waals surface area (Å²) in [5.74, 6) is 0.806. The van der Waals surface area contributed by atoms with Crippen LogP contribution in [-0.2, 0) is 13.2 Å². The summed E-state index contributed by atoms with van der Waals surface area (Å²) in [6.07, 6.45) is 0. The molecule has 0 unspecified atom stereocenters. The molecule has 0 aliphatic heterocycles.